The van der Waals surface area contributed by atoms with Gasteiger partial charge in [0.15, 0.2) is 0 Å². The highest BCUT2D eigenvalue weighted by atomic mass is 32.1. The summed E-state index contributed by atoms with van der Waals surface area (Å²) < 4.78 is 0. The van der Waals surface area contributed by atoms with Crippen LogP contribution in [-0.2, 0) is 0 Å². The van der Waals surface area contributed by atoms with Crippen molar-refractivity contribution in [3.8, 4) is 0 Å². The molecule has 19 heavy (non-hydrogen) atoms. The van der Waals surface area contributed by atoms with Crippen LogP contribution < -0.4 is 10.6 Å². The molecule has 2 N–H and O–H groups in total. The summed E-state index contributed by atoms with van der Waals surface area (Å²) in [7, 11) is 0. The van der Waals surface area contributed by atoms with E-state index in [1.165, 1.54) is 19.3 Å². The van der Waals surface area contributed by atoms with E-state index in [0.717, 1.165) is 41.6 Å². The molecule has 0 spiro atoms. The molecule has 1 saturated heterocycles. The Hall–Kier alpha value is -1.16. The van der Waals surface area contributed by atoms with Gasteiger partial charge < -0.3 is 10.6 Å². The Balaban J connectivity index is 2.39. The van der Waals surface area contributed by atoms with Crippen molar-refractivity contribution in [1.82, 2.24) is 4.98 Å². The van der Waals surface area contributed by atoms with Crippen LogP contribution in [-0.4, -0.2) is 23.1 Å². The number of anilines is 1. The number of nitrogens with two attached hydrogens (primary N) is 1. The predicted molar refractivity (Wildman–Crippen MR) is 84.8 cm³/mol. The monoisotopic (exact) mass is 277 g/mol. The van der Waals surface area contributed by atoms with Gasteiger partial charge in [0.05, 0.1) is 5.56 Å². The third kappa shape index (κ3) is 3.24. The molecule has 0 aromatic carbocycles. The third-order valence-electron chi connectivity index (χ3n) is 3.89. The Labute approximate surface area is 121 Å². The van der Waals surface area contributed by atoms with Crippen LogP contribution in [0.5, 0.6) is 0 Å². The molecule has 0 saturated carbocycles. The first-order valence-corrected chi connectivity index (χ1v) is 7.43. The molecule has 2 rings (SSSR count). The van der Waals surface area contributed by atoms with Gasteiger partial charge >= 0.3 is 0 Å². The number of aromatic nitrogens is 1. The van der Waals surface area contributed by atoms with E-state index >= 15 is 0 Å². The lowest BCUT2D eigenvalue weighted by molar-refractivity contribution is 0.521. The van der Waals surface area contributed by atoms with Crippen LogP contribution in [0.1, 0.15) is 43.0 Å². The zero-order chi connectivity index (χ0) is 14.0. The van der Waals surface area contributed by atoms with E-state index in [1.54, 1.807) is 0 Å². The fourth-order valence-corrected chi connectivity index (χ4v) is 3.08. The number of hydrogen-bond acceptors (Lipinski definition) is 3. The van der Waals surface area contributed by atoms with Crippen LogP contribution in [0.25, 0.3) is 0 Å². The second kappa shape index (κ2) is 5.87. The molecule has 1 fully saturated rings. The SMILES string of the molecule is Cc1cc(C)c(C(N)=S)c(N2CCCC(C)CC2)n1. The number of nitrogens with zero attached hydrogens (tertiary/aromatic N) is 2. The average molecular weight is 277 g/mol. The first kappa shape index (κ1) is 14.3. The maximum atomic E-state index is 5.90. The highest BCUT2D eigenvalue weighted by molar-refractivity contribution is 7.80. The Morgan fingerprint density at radius 2 is 2.11 bits per heavy atom. The highest BCUT2D eigenvalue weighted by Crippen LogP contribution is 2.26. The molecule has 1 atom stereocenters. The Morgan fingerprint density at radius 1 is 1.37 bits per heavy atom. The van der Waals surface area contributed by atoms with Gasteiger partial charge in [-0.15, -0.1) is 0 Å². The molecule has 1 aliphatic heterocycles. The molecule has 3 nitrogen and oxygen atoms in total. The van der Waals surface area contributed by atoms with Gasteiger partial charge in [-0.1, -0.05) is 19.1 Å². The summed E-state index contributed by atoms with van der Waals surface area (Å²) in [6.07, 6.45) is 3.72. The zero-order valence-corrected chi connectivity index (χ0v) is 12.9. The quantitative estimate of drug-likeness (QED) is 0.844. The average Bonchev–Trinajstić information content (AvgIpc) is 2.52. The van der Waals surface area contributed by atoms with Crippen molar-refractivity contribution in [3.63, 3.8) is 0 Å². The molecule has 0 radical (unpaired) electrons. The molecule has 0 bridgehead atoms. The standard InChI is InChI=1S/C15H23N3S/c1-10-5-4-7-18(8-6-10)15-13(14(16)19)11(2)9-12(3)17-15/h9-10H,4-8H2,1-3H3,(H2,16,19). The lowest BCUT2D eigenvalue weighted by atomic mass is 10.0. The van der Waals surface area contributed by atoms with Crippen molar-refractivity contribution in [2.75, 3.05) is 18.0 Å². The van der Waals surface area contributed by atoms with Crippen LogP contribution in [0.15, 0.2) is 6.07 Å². The van der Waals surface area contributed by atoms with Crippen LogP contribution in [0.4, 0.5) is 5.82 Å². The Morgan fingerprint density at radius 3 is 2.79 bits per heavy atom. The van der Waals surface area contributed by atoms with E-state index in [-0.39, 0.29) is 0 Å². The van der Waals surface area contributed by atoms with Gasteiger partial charge in [-0.3, -0.25) is 0 Å². The predicted octanol–water partition coefficient (Wildman–Crippen LogP) is 2.96. The third-order valence-corrected chi connectivity index (χ3v) is 4.09. The number of aryl methyl sites for hydroxylation is 2. The summed E-state index contributed by atoms with van der Waals surface area (Å²) in [6.45, 7) is 8.52. The van der Waals surface area contributed by atoms with E-state index in [1.807, 2.05) is 6.92 Å². The molecule has 4 heteroatoms. The van der Waals surface area contributed by atoms with Crippen molar-refractivity contribution < 1.29 is 0 Å². The van der Waals surface area contributed by atoms with Crippen molar-refractivity contribution in [3.05, 3.63) is 22.9 Å². The van der Waals surface area contributed by atoms with Crippen molar-refractivity contribution >= 4 is 23.0 Å². The smallest absolute Gasteiger partial charge is 0.139 e. The summed E-state index contributed by atoms with van der Waals surface area (Å²) >= 11 is 5.22. The number of hydrogen-bond donors (Lipinski definition) is 1. The van der Waals surface area contributed by atoms with E-state index < -0.39 is 0 Å². The van der Waals surface area contributed by atoms with Crippen molar-refractivity contribution in [2.24, 2.45) is 11.7 Å². The van der Waals surface area contributed by atoms with Gasteiger partial charge in [-0.2, -0.15) is 0 Å². The molecule has 1 unspecified atom stereocenters. The van der Waals surface area contributed by atoms with Crippen molar-refractivity contribution in [2.45, 2.75) is 40.0 Å². The zero-order valence-electron chi connectivity index (χ0n) is 12.1. The second-order valence-corrected chi connectivity index (χ2v) is 6.11. The number of pyridine rings is 1. The van der Waals surface area contributed by atoms with Crippen LogP contribution in [0, 0.1) is 19.8 Å². The van der Waals surface area contributed by atoms with Gasteiger partial charge in [0, 0.05) is 18.8 Å². The first-order chi connectivity index (χ1) is 8.99. The molecule has 1 aromatic rings. The van der Waals surface area contributed by atoms with Crippen LogP contribution in [0.3, 0.4) is 0 Å². The van der Waals surface area contributed by atoms with E-state index in [4.69, 9.17) is 22.9 Å². The molecule has 2 heterocycles. The molecular formula is C15H23N3S. The number of thiocarbonyl (C=S) groups is 1. The van der Waals surface area contributed by atoms with Gasteiger partial charge in [-0.25, -0.2) is 4.98 Å². The second-order valence-electron chi connectivity index (χ2n) is 5.67. The molecule has 104 valence electrons. The summed E-state index contributed by atoms with van der Waals surface area (Å²) in [5, 5.41) is 0. The largest absolute Gasteiger partial charge is 0.389 e. The maximum Gasteiger partial charge on any atom is 0.139 e. The molecular weight excluding hydrogens is 254 g/mol. The minimum absolute atomic E-state index is 0.456. The molecule has 1 aromatic heterocycles. The van der Waals surface area contributed by atoms with Gasteiger partial charge in [0.2, 0.25) is 0 Å². The summed E-state index contributed by atoms with van der Waals surface area (Å²) in [6, 6.07) is 2.05. The first-order valence-electron chi connectivity index (χ1n) is 7.02. The summed E-state index contributed by atoms with van der Waals surface area (Å²) in [5.41, 5.74) is 9.02. The lowest BCUT2D eigenvalue weighted by Crippen LogP contribution is -2.29. The Bertz CT molecular complexity index is 485. The normalized spacial score (nSPS) is 20.2. The fraction of sp³-hybridized carbons (Fsp3) is 0.600. The fourth-order valence-electron chi connectivity index (χ4n) is 2.83. The number of rotatable bonds is 2. The van der Waals surface area contributed by atoms with Gasteiger partial charge in [-0.05, 0) is 50.7 Å². The molecule has 0 amide bonds. The lowest BCUT2D eigenvalue weighted by Gasteiger charge is -2.25. The molecule has 1 aliphatic rings. The summed E-state index contributed by atoms with van der Waals surface area (Å²) in [4.78, 5) is 7.52. The minimum Gasteiger partial charge on any atom is -0.389 e. The van der Waals surface area contributed by atoms with E-state index in [9.17, 15) is 0 Å². The molecule has 0 aliphatic carbocycles. The maximum absolute atomic E-state index is 5.90. The van der Waals surface area contributed by atoms with Crippen LogP contribution >= 0.6 is 12.2 Å². The minimum atomic E-state index is 0.456. The van der Waals surface area contributed by atoms with Crippen LogP contribution in [0.2, 0.25) is 0 Å². The van der Waals surface area contributed by atoms with Crippen molar-refractivity contribution in [1.29, 1.82) is 0 Å². The highest BCUT2D eigenvalue weighted by Gasteiger charge is 2.20. The Kier molecular flexibility index (Phi) is 4.40. The van der Waals surface area contributed by atoms with Gasteiger partial charge in [0.1, 0.15) is 10.8 Å². The van der Waals surface area contributed by atoms with Gasteiger partial charge in [0.25, 0.3) is 0 Å². The summed E-state index contributed by atoms with van der Waals surface area (Å²) in [5.74, 6) is 1.78. The van der Waals surface area contributed by atoms with E-state index in [0.29, 0.717) is 4.99 Å². The van der Waals surface area contributed by atoms with E-state index in [2.05, 4.69) is 24.8 Å². The topological polar surface area (TPSA) is 42.1 Å².